The van der Waals surface area contributed by atoms with Crippen molar-refractivity contribution in [1.29, 1.82) is 0 Å². The number of urea groups is 1. The molecule has 0 atom stereocenters. The number of carbonyl (C=O) groups excluding carboxylic acids is 1. The lowest BCUT2D eigenvalue weighted by atomic mass is 10.2. The van der Waals surface area contributed by atoms with Gasteiger partial charge in [0.1, 0.15) is 0 Å². The zero-order valence-corrected chi connectivity index (χ0v) is 15.9. The minimum absolute atomic E-state index is 0.0539. The highest BCUT2D eigenvalue weighted by atomic mass is 32.2. The maximum absolute atomic E-state index is 12.5. The number of amides is 2. The molecule has 0 unspecified atom stereocenters. The van der Waals surface area contributed by atoms with Gasteiger partial charge in [0.25, 0.3) is 0 Å². The Morgan fingerprint density at radius 1 is 1.20 bits per heavy atom. The van der Waals surface area contributed by atoms with Crippen LogP contribution in [0.3, 0.4) is 0 Å². The summed E-state index contributed by atoms with van der Waals surface area (Å²) in [6.07, 6.45) is 3.36. The van der Waals surface area contributed by atoms with E-state index >= 15 is 0 Å². The second-order valence-corrected chi connectivity index (χ2v) is 8.90. The van der Waals surface area contributed by atoms with Crippen LogP contribution in [0.15, 0.2) is 36.7 Å². The molecule has 136 valence electrons. The van der Waals surface area contributed by atoms with E-state index in [1.165, 1.54) is 11.9 Å². The number of nitrogens with zero attached hydrogens (tertiary/aromatic N) is 2. The molecule has 2 aromatic heterocycles. The molecule has 0 radical (unpaired) electrons. The van der Waals surface area contributed by atoms with Gasteiger partial charge in [-0.15, -0.1) is 11.3 Å². The molecule has 9 heteroatoms. The zero-order chi connectivity index (χ0) is 18.3. The molecule has 2 N–H and O–H groups in total. The maximum Gasteiger partial charge on any atom is 0.318 e. The summed E-state index contributed by atoms with van der Waals surface area (Å²) in [7, 11) is -1.99. The molecule has 2 amide bonds. The number of thiophene rings is 1. The van der Waals surface area contributed by atoms with E-state index in [9.17, 15) is 13.2 Å². The van der Waals surface area contributed by atoms with Crippen LogP contribution in [-0.2, 0) is 23.1 Å². The van der Waals surface area contributed by atoms with Crippen LogP contribution in [0.2, 0.25) is 0 Å². The zero-order valence-electron chi connectivity index (χ0n) is 14.2. The lowest BCUT2D eigenvalue weighted by Crippen LogP contribution is -2.41. The lowest BCUT2D eigenvalue weighted by Gasteiger charge is -2.22. The molecule has 25 heavy (non-hydrogen) atoms. The second-order valence-electron chi connectivity index (χ2n) is 5.48. The summed E-state index contributed by atoms with van der Waals surface area (Å²) in [6, 6.07) is 7.42. The van der Waals surface area contributed by atoms with Crippen LogP contribution >= 0.6 is 11.3 Å². The number of pyridine rings is 1. The fourth-order valence-corrected chi connectivity index (χ4v) is 3.65. The number of aromatic nitrogens is 1. The number of hydrogen-bond acceptors (Lipinski definition) is 5. The van der Waals surface area contributed by atoms with Gasteiger partial charge < -0.3 is 10.2 Å². The van der Waals surface area contributed by atoms with Crippen molar-refractivity contribution < 1.29 is 13.2 Å². The van der Waals surface area contributed by atoms with E-state index in [0.29, 0.717) is 13.1 Å². The summed E-state index contributed by atoms with van der Waals surface area (Å²) in [5, 5.41) is 2.68. The van der Waals surface area contributed by atoms with E-state index in [1.807, 2.05) is 31.2 Å². The fourth-order valence-electron chi connectivity index (χ4n) is 2.17. The Labute approximate surface area is 152 Å². The predicted molar refractivity (Wildman–Crippen MR) is 98.8 cm³/mol. The van der Waals surface area contributed by atoms with Gasteiger partial charge in [-0.25, -0.2) is 17.9 Å². The van der Waals surface area contributed by atoms with Crippen molar-refractivity contribution in [3.05, 3.63) is 52.0 Å². The SMILES string of the molecule is CNS(=O)(=O)CCNC(=O)N(Cc1ccncc1)Cc1ccc(C)s1. The normalized spacial score (nSPS) is 11.3. The third-order valence-electron chi connectivity index (χ3n) is 3.51. The first-order valence-corrected chi connectivity index (χ1v) is 10.2. The van der Waals surface area contributed by atoms with Gasteiger partial charge in [-0.3, -0.25) is 4.98 Å². The molecular formula is C16H22N4O3S2. The topological polar surface area (TPSA) is 91.4 Å². The van der Waals surface area contributed by atoms with Crippen molar-refractivity contribution in [3.8, 4) is 0 Å². The van der Waals surface area contributed by atoms with E-state index in [0.717, 1.165) is 10.4 Å². The molecule has 0 saturated heterocycles. The molecule has 0 fully saturated rings. The minimum Gasteiger partial charge on any atom is -0.337 e. The maximum atomic E-state index is 12.5. The van der Waals surface area contributed by atoms with Gasteiger partial charge in [-0.1, -0.05) is 0 Å². The van der Waals surface area contributed by atoms with Crippen LogP contribution in [0.4, 0.5) is 4.79 Å². The standard InChI is InChI=1S/C16H22N4O3S2/c1-13-3-4-15(24-13)12-20(11-14-5-7-18-8-6-14)16(21)19-9-10-25(22,23)17-2/h3-8,17H,9-12H2,1-2H3,(H,19,21). The summed E-state index contributed by atoms with van der Waals surface area (Å²) < 4.78 is 25.1. The van der Waals surface area contributed by atoms with Crippen molar-refractivity contribution >= 4 is 27.4 Å². The van der Waals surface area contributed by atoms with Crippen molar-refractivity contribution in [1.82, 2.24) is 19.9 Å². The smallest absolute Gasteiger partial charge is 0.318 e. The summed E-state index contributed by atoms with van der Waals surface area (Å²) in [5.74, 6) is -0.156. The number of aryl methyl sites for hydroxylation is 1. The van der Waals surface area contributed by atoms with Crippen molar-refractivity contribution in [3.63, 3.8) is 0 Å². The lowest BCUT2D eigenvalue weighted by molar-refractivity contribution is 0.193. The van der Waals surface area contributed by atoms with E-state index < -0.39 is 10.0 Å². The van der Waals surface area contributed by atoms with E-state index in [2.05, 4.69) is 15.0 Å². The van der Waals surface area contributed by atoms with Crippen LogP contribution in [-0.4, -0.2) is 43.7 Å². The number of nitrogens with one attached hydrogen (secondary N) is 2. The van der Waals surface area contributed by atoms with Gasteiger partial charge in [0, 0.05) is 35.2 Å². The Morgan fingerprint density at radius 3 is 2.52 bits per heavy atom. The molecular weight excluding hydrogens is 360 g/mol. The molecule has 0 aliphatic carbocycles. The number of rotatable bonds is 8. The van der Waals surface area contributed by atoms with Gasteiger partial charge in [-0.05, 0) is 43.8 Å². The summed E-state index contributed by atoms with van der Waals surface area (Å²) in [6.45, 7) is 2.96. The Bertz CT molecular complexity index is 791. The van der Waals surface area contributed by atoms with Crippen LogP contribution in [0.25, 0.3) is 0 Å². The van der Waals surface area contributed by atoms with E-state index in [1.54, 1.807) is 28.6 Å². The predicted octanol–water partition coefficient (Wildman–Crippen LogP) is 1.71. The summed E-state index contributed by atoms with van der Waals surface area (Å²) in [5.41, 5.74) is 0.960. The number of hydrogen-bond donors (Lipinski definition) is 2. The quantitative estimate of drug-likeness (QED) is 0.727. The largest absolute Gasteiger partial charge is 0.337 e. The molecule has 0 bridgehead atoms. The molecule has 0 aliphatic rings. The molecule has 0 spiro atoms. The average Bonchev–Trinajstić information content (AvgIpc) is 3.00. The van der Waals surface area contributed by atoms with Crippen LogP contribution in [0.5, 0.6) is 0 Å². The first-order valence-electron chi connectivity index (χ1n) is 7.78. The molecule has 2 rings (SSSR count). The minimum atomic E-state index is -3.34. The average molecular weight is 383 g/mol. The van der Waals surface area contributed by atoms with Gasteiger partial charge in [0.2, 0.25) is 10.0 Å². The van der Waals surface area contributed by atoms with Crippen LogP contribution in [0, 0.1) is 6.92 Å². The number of sulfonamides is 1. The molecule has 2 heterocycles. The Kier molecular flexibility index (Phi) is 6.91. The van der Waals surface area contributed by atoms with E-state index in [4.69, 9.17) is 0 Å². The Morgan fingerprint density at radius 2 is 1.92 bits per heavy atom. The fraction of sp³-hybridized carbons (Fsp3) is 0.375. The molecule has 0 aromatic carbocycles. The molecule has 0 saturated carbocycles. The monoisotopic (exact) mass is 382 g/mol. The highest BCUT2D eigenvalue weighted by Crippen LogP contribution is 2.18. The summed E-state index contributed by atoms with van der Waals surface area (Å²) >= 11 is 1.64. The highest BCUT2D eigenvalue weighted by Gasteiger charge is 2.16. The Balaban J connectivity index is 2.03. The van der Waals surface area contributed by atoms with Gasteiger partial charge in [0.05, 0.1) is 12.3 Å². The van der Waals surface area contributed by atoms with Gasteiger partial charge in [0.15, 0.2) is 0 Å². The third kappa shape index (κ3) is 6.45. The Hall–Kier alpha value is -1.97. The van der Waals surface area contributed by atoms with Crippen molar-refractivity contribution in [2.75, 3.05) is 19.3 Å². The van der Waals surface area contributed by atoms with Crippen LogP contribution in [0.1, 0.15) is 15.3 Å². The van der Waals surface area contributed by atoms with Crippen molar-refractivity contribution in [2.45, 2.75) is 20.0 Å². The van der Waals surface area contributed by atoms with Gasteiger partial charge in [-0.2, -0.15) is 0 Å². The third-order valence-corrected chi connectivity index (χ3v) is 5.86. The molecule has 2 aromatic rings. The second kappa shape index (κ2) is 8.93. The summed E-state index contributed by atoms with van der Waals surface area (Å²) in [4.78, 5) is 20.4. The van der Waals surface area contributed by atoms with Gasteiger partial charge >= 0.3 is 6.03 Å². The molecule has 0 aliphatic heterocycles. The van der Waals surface area contributed by atoms with Crippen molar-refractivity contribution in [2.24, 2.45) is 0 Å². The first-order chi connectivity index (χ1) is 11.9. The molecule has 7 nitrogen and oxygen atoms in total. The number of carbonyl (C=O) groups is 1. The first kappa shape index (κ1) is 19.4. The van der Waals surface area contributed by atoms with Crippen LogP contribution < -0.4 is 10.0 Å². The van der Waals surface area contributed by atoms with E-state index in [-0.39, 0.29) is 18.3 Å². The highest BCUT2D eigenvalue weighted by molar-refractivity contribution is 7.89.